The minimum absolute atomic E-state index is 0.0823. The van der Waals surface area contributed by atoms with Crippen molar-refractivity contribution in [1.29, 1.82) is 0 Å². The van der Waals surface area contributed by atoms with E-state index in [-0.39, 0.29) is 16.9 Å². The maximum atomic E-state index is 13.1. The van der Waals surface area contributed by atoms with Crippen LogP contribution in [0.15, 0.2) is 72.3 Å². The summed E-state index contributed by atoms with van der Waals surface area (Å²) in [6.45, 7) is 2.32. The van der Waals surface area contributed by atoms with E-state index < -0.39 is 22.8 Å². The Morgan fingerprint density at radius 2 is 1.67 bits per heavy atom. The van der Waals surface area contributed by atoms with E-state index in [1.165, 1.54) is 25.3 Å². The molecule has 0 aliphatic carbocycles. The van der Waals surface area contributed by atoms with E-state index in [0.29, 0.717) is 23.7 Å². The zero-order valence-corrected chi connectivity index (χ0v) is 19.4. The molecule has 0 saturated carbocycles. The fraction of sp³-hybridized carbons (Fsp3) is 0.115. The van der Waals surface area contributed by atoms with Gasteiger partial charge in [-0.1, -0.05) is 35.9 Å². The fourth-order valence-corrected chi connectivity index (χ4v) is 3.52. The number of carbonyl (C=O) groups is 3. The normalized spacial score (nSPS) is 14.6. The molecule has 1 heterocycles. The predicted molar refractivity (Wildman–Crippen MR) is 131 cm³/mol. The van der Waals surface area contributed by atoms with Crippen LogP contribution in [0.2, 0.25) is 0 Å². The second-order valence-electron chi connectivity index (χ2n) is 7.92. The Hall–Kier alpha value is -4.99. The van der Waals surface area contributed by atoms with Gasteiger partial charge in [0.1, 0.15) is 12.2 Å². The van der Waals surface area contributed by atoms with E-state index >= 15 is 0 Å². The van der Waals surface area contributed by atoms with Gasteiger partial charge in [0, 0.05) is 12.1 Å². The van der Waals surface area contributed by atoms with Gasteiger partial charge >= 0.3 is 6.03 Å². The number of barbiturate groups is 1. The number of carbonyl (C=O) groups excluding carboxylic acids is 3. The monoisotopic (exact) mass is 487 g/mol. The number of nitro groups is 1. The Bertz CT molecular complexity index is 1380. The third-order valence-corrected chi connectivity index (χ3v) is 5.43. The smallest absolute Gasteiger partial charge is 0.335 e. The lowest BCUT2D eigenvalue weighted by atomic mass is 10.1. The molecule has 0 atom stereocenters. The third-order valence-electron chi connectivity index (χ3n) is 5.43. The van der Waals surface area contributed by atoms with Gasteiger partial charge < -0.3 is 9.47 Å². The molecule has 1 N–H and O–H groups in total. The van der Waals surface area contributed by atoms with Gasteiger partial charge in [0.25, 0.3) is 17.5 Å². The van der Waals surface area contributed by atoms with Crippen molar-refractivity contribution >= 4 is 35.3 Å². The molecule has 0 radical (unpaired) electrons. The van der Waals surface area contributed by atoms with Crippen molar-refractivity contribution in [2.45, 2.75) is 13.5 Å². The summed E-state index contributed by atoms with van der Waals surface area (Å²) in [5.74, 6) is -0.858. The van der Waals surface area contributed by atoms with Gasteiger partial charge in [-0.3, -0.25) is 25.0 Å². The molecule has 0 bridgehead atoms. The zero-order chi connectivity index (χ0) is 25.8. The predicted octanol–water partition coefficient (Wildman–Crippen LogP) is 4.16. The molecule has 0 aromatic heterocycles. The number of methoxy groups -OCH3 is 1. The van der Waals surface area contributed by atoms with Crippen LogP contribution in [0.4, 0.5) is 16.2 Å². The molecule has 4 rings (SSSR count). The maximum Gasteiger partial charge on any atom is 0.335 e. The highest BCUT2D eigenvalue weighted by molar-refractivity contribution is 6.39. The van der Waals surface area contributed by atoms with Gasteiger partial charge in [-0.25, -0.2) is 9.69 Å². The number of nitrogens with one attached hydrogen (secondary N) is 1. The van der Waals surface area contributed by atoms with Crippen molar-refractivity contribution in [3.05, 3.63) is 99.1 Å². The Labute approximate surface area is 205 Å². The molecule has 1 saturated heterocycles. The number of anilines is 1. The molecule has 36 heavy (non-hydrogen) atoms. The zero-order valence-electron chi connectivity index (χ0n) is 19.4. The maximum absolute atomic E-state index is 13.1. The lowest BCUT2D eigenvalue weighted by Crippen LogP contribution is -2.54. The quantitative estimate of drug-likeness (QED) is 0.229. The van der Waals surface area contributed by atoms with E-state index in [2.05, 4.69) is 5.32 Å². The van der Waals surface area contributed by atoms with Gasteiger partial charge in [-0.2, -0.15) is 0 Å². The van der Waals surface area contributed by atoms with Crippen molar-refractivity contribution in [2.24, 2.45) is 0 Å². The molecule has 1 fully saturated rings. The van der Waals surface area contributed by atoms with E-state index in [4.69, 9.17) is 9.47 Å². The number of hydrogen-bond donors (Lipinski definition) is 1. The molecule has 10 nitrogen and oxygen atoms in total. The highest BCUT2D eigenvalue weighted by Gasteiger charge is 2.37. The number of urea groups is 1. The van der Waals surface area contributed by atoms with Crippen molar-refractivity contribution in [2.75, 3.05) is 12.0 Å². The number of hydrogen-bond acceptors (Lipinski definition) is 7. The summed E-state index contributed by atoms with van der Waals surface area (Å²) in [4.78, 5) is 48.9. The number of ether oxygens (including phenoxy) is 2. The first-order valence-corrected chi connectivity index (χ1v) is 10.8. The average molecular weight is 487 g/mol. The molecule has 4 amide bonds. The highest BCUT2D eigenvalue weighted by Crippen LogP contribution is 2.31. The first kappa shape index (κ1) is 24.1. The number of benzene rings is 3. The van der Waals surface area contributed by atoms with E-state index in [1.807, 2.05) is 31.2 Å². The minimum Gasteiger partial charge on any atom is -0.493 e. The van der Waals surface area contributed by atoms with Crippen LogP contribution in [-0.4, -0.2) is 29.9 Å². The van der Waals surface area contributed by atoms with Crippen molar-refractivity contribution in [3.63, 3.8) is 0 Å². The molecule has 0 unspecified atom stereocenters. The highest BCUT2D eigenvalue weighted by atomic mass is 16.6. The largest absolute Gasteiger partial charge is 0.493 e. The number of nitro benzene ring substituents is 1. The first-order chi connectivity index (χ1) is 17.3. The lowest BCUT2D eigenvalue weighted by Gasteiger charge is -2.26. The molecule has 0 spiro atoms. The standard InChI is InChI=1S/C26H21N3O7/c1-16-3-5-17(6-4-16)15-36-22-12-7-18(14-23(22)35-2)13-21-24(30)27-26(32)28(25(21)31)19-8-10-20(11-9-19)29(33)34/h3-14H,15H2,1-2H3,(H,27,30,32)/b21-13-. The number of amides is 4. The number of aryl methyl sites for hydroxylation is 1. The summed E-state index contributed by atoms with van der Waals surface area (Å²) in [6.07, 6.45) is 1.33. The molecule has 3 aromatic rings. The van der Waals surface area contributed by atoms with Gasteiger partial charge in [0.2, 0.25) is 0 Å². The molecular weight excluding hydrogens is 466 g/mol. The SMILES string of the molecule is COc1cc(/C=C2/C(=O)NC(=O)N(c3ccc([N+](=O)[O-])cc3)C2=O)ccc1OCc1ccc(C)cc1. The van der Waals surface area contributed by atoms with Crippen LogP contribution in [0, 0.1) is 17.0 Å². The van der Waals surface area contributed by atoms with Crippen LogP contribution in [-0.2, 0) is 16.2 Å². The number of nitrogens with zero attached hydrogens (tertiary/aromatic N) is 2. The lowest BCUT2D eigenvalue weighted by molar-refractivity contribution is -0.384. The van der Waals surface area contributed by atoms with Crippen LogP contribution in [0.3, 0.4) is 0 Å². The fourth-order valence-electron chi connectivity index (χ4n) is 3.52. The van der Waals surface area contributed by atoms with E-state index in [0.717, 1.165) is 28.2 Å². The van der Waals surface area contributed by atoms with Crippen LogP contribution < -0.4 is 19.7 Å². The van der Waals surface area contributed by atoms with Gasteiger partial charge in [-0.15, -0.1) is 0 Å². The molecule has 10 heteroatoms. The summed E-state index contributed by atoms with van der Waals surface area (Å²) in [5, 5.41) is 13.0. The molecule has 182 valence electrons. The Balaban J connectivity index is 1.58. The summed E-state index contributed by atoms with van der Waals surface area (Å²) in [7, 11) is 1.47. The molecular formula is C26H21N3O7. The van der Waals surface area contributed by atoms with Crippen molar-refractivity contribution < 1.29 is 28.8 Å². The summed E-state index contributed by atoms with van der Waals surface area (Å²) in [5.41, 5.74) is 2.18. The molecule has 3 aromatic carbocycles. The van der Waals surface area contributed by atoms with E-state index in [9.17, 15) is 24.5 Å². The van der Waals surface area contributed by atoms with Crippen molar-refractivity contribution in [3.8, 4) is 11.5 Å². The molecule has 1 aliphatic rings. The van der Waals surface area contributed by atoms with Crippen LogP contribution >= 0.6 is 0 Å². The van der Waals surface area contributed by atoms with Crippen LogP contribution in [0.5, 0.6) is 11.5 Å². The topological polar surface area (TPSA) is 128 Å². The number of non-ortho nitro benzene ring substituents is 1. The second kappa shape index (κ2) is 10.1. The van der Waals surface area contributed by atoms with Crippen LogP contribution in [0.25, 0.3) is 6.08 Å². The Kier molecular flexibility index (Phi) is 6.77. The Morgan fingerprint density at radius 3 is 2.31 bits per heavy atom. The third kappa shape index (κ3) is 5.07. The average Bonchev–Trinajstić information content (AvgIpc) is 2.86. The van der Waals surface area contributed by atoms with Gasteiger partial charge in [0.05, 0.1) is 17.7 Å². The van der Waals surface area contributed by atoms with Gasteiger partial charge in [0.15, 0.2) is 11.5 Å². The van der Waals surface area contributed by atoms with Crippen LogP contribution in [0.1, 0.15) is 16.7 Å². The molecule has 1 aliphatic heterocycles. The first-order valence-electron chi connectivity index (χ1n) is 10.8. The summed E-state index contributed by atoms with van der Waals surface area (Å²) >= 11 is 0. The van der Waals surface area contributed by atoms with E-state index in [1.54, 1.807) is 18.2 Å². The van der Waals surface area contributed by atoms with Crippen molar-refractivity contribution in [1.82, 2.24) is 5.32 Å². The number of imide groups is 2. The Morgan fingerprint density at radius 1 is 0.972 bits per heavy atom. The van der Waals surface area contributed by atoms with Gasteiger partial charge in [-0.05, 0) is 48.4 Å². The second-order valence-corrected chi connectivity index (χ2v) is 7.92. The summed E-state index contributed by atoms with van der Waals surface area (Å²) < 4.78 is 11.3. The summed E-state index contributed by atoms with van der Waals surface area (Å²) in [6, 6.07) is 16.7. The minimum atomic E-state index is -0.951. The number of rotatable bonds is 7.